The second kappa shape index (κ2) is 5.82. The number of anilines is 2. The first-order valence-corrected chi connectivity index (χ1v) is 7.19. The van der Waals surface area contributed by atoms with E-state index in [1.54, 1.807) is 6.20 Å². The molecule has 2 aromatic heterocycles. The summed E-state index contributed by atoms with van der Waals surface area (Å²) in [5.74, 6) is 1.41. The van der Waals surface area contributed by atoms with Crippen molar-refractivity contribution in [1.29, 1.82) is 0 Å². The summed E-state index contributed by atoms with van der Waals surface area (Å²) >= 11 is 0. The van der Waals surface area contributed by atoms with Gasteiger partial charge in [0.25, 0.3) is 0 Å². The SMILES string of the molecule is CNc1nc(NCC2CN(C)CCN2C)c2cn[nH]c2n1. The van der Waals surface area contributed by atoms with Crippen molar-refractivity contribution in [2.45, 2.75) is 6.04 Å². The van der Waals surface area contributed by atoms with Crippen molar-refractivity contribution in [3.63, 3.8) is 0 Å². The molecule has 0 saturated carbocycles. The summed E-state index contributed by atoms with van der Waals surface area (Å²) in [6, 6.07) is 0.471. The zero-order chi connectivity index (χ0) is 14.8. The van der Waals surface area contributed by atoms with Crippen LogP contribution in [0.4, 0.5) is 11.8 Å². The molecule has 3 heterocycles. The minimum atomic E-state index is 0.471. The van der Waals surface area contributed by atoms with E-state index in [1.165, 1.54) is 0 Å². The van der Waals surface area contributed by atoms with Crippen LogP contribution in [-0.2, 0) is 0 Å². The molecule has 8 heteroatoms. The molecule has 0 spiro atoms. The number of H-pyrrole nitrogens is 1. The van der Waals surface area contributed by atoms with Crippen LogP contribution in [0, 0.1) is 0 Å². The lowest BCUT2D eigenvalue weighted by molar-refractivity contribution is 0.122. The Morgan fingerprint density at radius 2 is 2.19 bits per heavy atom. The largest absolute Gasteiger partial charge is 0.368 e. The van der Waals surface area contributed by atoms with Gasteiger partial charge in [-0.2, -0.15) is 15.1 Å². The van der Waals surface area contributed by atoms with Crippen molar-refractivity contribution in [2.24, 2.45) is 0 Å². The maximum absolute atomic E-state index is 4.49. The van der Waals surface area contributed by atoms with Crippen LogP contribution in [0.3, 0.4) is 0 Å². The first-order chi connectivity index (χ1) is 10.2. The average molecular weight is 290 g/mol. The minimum Gasteiger partial charge on any atom is -0.368 e. The van der Waals surface area contributed by atoms with Crippen molar-refractivity contribution in [1.82, 2.24) is 30.0 Å². The maximum Gasteiger partial charge on any atom is 0.226 e. The van der Waals surface area contributed by atoms with Gasteiger partial charge in [0.05, 0.1) is 11.6 Å². The number of hydrogen-bond donors (Lipinski definition) is 3. The molecule has 1 saturated heterocycles. The van der Waals surface area contributed by atoms with Crippen LogP contribution in [-0.4, -0.2) is 83.3 Å². The summed E-state index contributed by atoms with van der Waals surface area (Å²) in [5.41, 5.74) is 0.742. The molecule has 1 fully saturated rings. The lowest BCUT2D eigenvalue weighted by atomic mass is 10.2. The van der Waals surface area contributed by atoms with Gasteiger partial charge in [-0.15, -0.1) is 0 Å². The van der Waals surface area contributed by atoms with E-state index < -0.39 is 0 Å². The smallest absolute Gasteiger partial charge is 0.226 e. The van der Waals surface area contributed by atoms with Crippen LogP contribution in [0.2, 0.25) is 0 Å². The van der Waals surface area contributed by atoms with Gasteiger partial charge in [0.2, 0.25) is 5.95 Å². The van der Waals surface area contributed by atoms with Crippen LogP contribution < -0.4 is 10.6 Å². The molecule has 0 radical (unpaired) electrons. The van der Waals surface area contributed by atoms with Gasteiger partial charge >= 0.3 is 0 Å². The predicted octanol–water partition coefficient (Wildman–Crippen LogP) is 0.0523. The van der Waals surface area contributed by atoms with Crippen LogP contribution >= 0.6 is 0 Å². The average Bonchev–Trinajstić information content (AvgIpc) is 2.96. The van der Waals surface area contributed by atoms with Crippen LogP contribution in [0.5, 0.6) is 0 Å². The fraction of sp³-hybridized carbons (Fsp3) is 0.615. The van der Waals surface area contributed by atoms with Crippen LogP contribution in [0.25, 0.3) is 11.0 Å². The minimum absolute atomic E-state index is 0.471. The molecule has 3 N–H and O–H groups in total. The molecule has 21 heavy (non-hydrogen) atoms. The topological polar surface area (TPSA) is 85.0 Å². The number of nitrogens with zero attached hydrogens (tertiary/aromatic N) is 5. The van der Waals surface area contributed by atoms with Gasteiger partial charge in [-0.1, -0.05) is 0 Å². The van der Waals surface area contributed by atoms with Gasteiger partial charge in [0.1, 0.15) is 5.82 Å². The molecule has 1 atom stereocenters. The third-order valence-corrected chi connectivity index (χ3v) is 4.02. The molecule has 2 aromatic rings. The van der Waals surface area contributed by atoms with E-state index in [9.17, 15) is 0 Å². The Kier molecular flexibility index (Phi) is 3.89. The number of piperazine rings is 1. The molecular formula is C13H22N8. The third kappa shape index (κ3) is 2.91. The summed E-state index contributed by atoms with van der Waals surface area (Å²) in [4.78, 5) is 13.6. The summed E-state index contributed by atoms with van der Waals surface area (Å²) in [6.45, 7) is 4.12. The van der Waals surface area contributed by atoms with Crippen LogP contribution in [0.1, 0.15) is 0 Å². The standard InChI is InChI=1S/C13H22N8/c1-14-13-17-11(10-7-16-19-12(10)18-13)15-6-9-8-20(2)4-5-21(9)3/h7,9H,4-6,8H2,1-3H3,(H3,14,15,16,17,18,19). The molecule has 1 aliphatic heterocycles. The Hall–Kier alpha value is -1.93. The monoisotopic (exact) mass is 290 g/mol. The number of rotatable bonds is 4. The highest BCUT2D eigenvalue weighted by Crippen LogP contribution is 2.20. The number of fused-ring (bicyclic) bond motifs is 1. The fourth-order valence-corrected chi connectivity index (χ4v) is 2.62. The highest BCUT2D eigenvalue weighted by atomic mass is 15.3. The normalized spacial score (nSPS) is 20.8. The van der Waals surface area contributed by atoms with Gasteiger partial charge < -0.3 is 15.5 Å². The lowest BCUT2D eigenvalue weighted by Gasteiger charge is -2.37. The van der Waals surface area contributed by atoms with Crippen molar-refractivity contribution < 1.29 is 0 Å². The summed E-state index contributed by atoms with van der Waals surface area (Å²) in [5, 5.41) is 14.3. The van der Waals surface area contributed by atoms with Crippen molar-refractivity contribution >= 4 is 22.8 Å². The molecule has 0 aromatic carbocycles. The molecule has 0 bridgehead atoms. The van der Waals surface area contributed by atoms with Crippen molar-refractivity contribution in [2.75, 3.05) is 58.0 Å². The van der Waals surface area contributed by atoms with Crippen molar-refractivity contribution in [3.05, 3.63) is 6.20 Å². The molecule has 1 unspecified atom stereocenters. The number of nitrogens with one attached hydrogen (secondary N) is 3. The van der Waals surface area contributed by atoms with Gasteiger partial charge in [-0.05, 0) is 14.1 Å². The highest BCUT2D eigenvalue weighted by Gasteiger charge is 2.22. The van der Waals surface area contributed by atoms with Gasteiger partial charge in [0, 0.05) is 39.3 Å². The van der Waals surface area contributed by atoms with Crippen molar-refractivity contribution in [3.8, 4) is 0 Å². The van der Waals surface area contributed by atoms with Gasteiger partial charge in [-0.25, -0.2) is 0 Å². The maximum atomic E-state index is 4.49. The van der Waals surface area contributed by atoms with Gasteiger partial charge in [-0.3, -0.25) is 10.00 Å². The van der Waals surface area contributed by atoms with E-state index in [2.05, 4.69) is 54.7 Å². The number of aromatic nitrogens is 4. The van der Waals surface area contributed by atoms with Crippen LogP contribution in [0.15, 0.2) is 6.20 Å². The predicted molar refractivity (Wildman–Crippen MR) is 83.6 cm³/mol. The Labute approximate surface area is 123 Å². The Bertz CT molecular complexity index is 609. The molecule has 8 nitrogen and oxygen atoms in total. The van der Waals surface area contributed by atoms with E-state index in [4.69, 9.17) is 0 Å². The first kappa shape index (κ1) is 14.0. The second-order valence-corrected chi connectivity index (χ2v) is 5.56. The van der Waals surface area contributed by atoms with E-state index in [1.807, 2.05) is 7.05 Å². The first-order valence-electron chi connectivity index (χ1n) is 7.19. The summed E-state index contributed by atoms with van der Waals surface area (Å²) < 4.78 is 0. The Morgan fingerprint density at radius 1 is 1.33 bits per heavy atom. The van der Waals surface area contributed by atoms with E-state index >= 15 is 0 Å². The molecule has 114 valence electrons. The molecular weight excluding hydrogens is 268 g/mol. The van der Waals surface area contributed by atoms with Gasteiger partial charge in [0.15, 0.2) is 5.65 Å². The molecule has 0 amide bonds. The number of likely N-dealkylation sites (N-methyl/N-ethyl adjacent to an activating group) is 2. The highest BCUT2D eigenvalue weighted by molar-refractivity contribution is 5.86. The Morgan fingerprint density at radius 3 is 3.00 bits per heavy atom. The van der Waals surface area contributed by atoms with E-state index in [0.29, 0.717) is 12.0 Å². The fourth-order valence-electron chi connectivity index (χ4n) is 2.62. The zero-order valence-corrected chi connectivity index (χ0v) is 12.7. The summed E-state index contributed by atoms with van der Waals surface area (Å²) in [6.07, 6.45) is 1.76. The number of aromatic amines is 1. The number of hydrogen-bond acceptors (Lipinski definition) is 7. The van der Waals surface area contributed by atoms with E-state index in [0.717, 1.165) is 43.0 Å². The quantitative estimate of drug-likeness (QED) is 0.734. The lowest BCUT2D eigenvalue weighted by Crippen LogP contribution is -2.52. The Balaban J connectivity index is 1.76. The molecule has 0 aliphatic carbocycles. The zero-order valence-electron chi connectivity index (χ0n) is 12.7. The molecule has 1 aliphatic rings. The third-order valence-electron chi connectivity index (χ3n) is 4.02. The second-order valence-electron chi connectivity index (χ2n) is 5.56. The molecule has 3 rings (SSSR count). The summed E-state index contributed by atoms with van der Waals surface area (Å²) in [7, 11) is 6.15. The van der Waals surface area contributed by atoms with E-state index in [-0.39, 0.29) is 0 Å².